The minimum atomic E-state index is -0.229. The summed E-state index contributed by atoms with van der Waals surface area (Å²) < 4.78 is 5.31. The Hall–Kier alpha value is -3.85. The van der Waals surface area contributed by atoms with Crippen LogP contribution in [0.1, 0.15) is 21.6 Å². The maximum atomic E-state index is 12.3. The molecule has 1 aromatic heterocycles. The molecule has 0 aliphatic heterocycles. The number of aromatic nitrogens is 1. The molecule has 3 aromatic rings. The van der Waals surface area contributed by atoms with Crippen molar-refractivity contribution in [3.8, 4) is 11.8 Å². The van der Waals surface area contributed by atoms with Gasteiger partial charge in [0.25, 0.3) is 5.91 Å². The second kappa shape index (κ2) is 9.19. The molecule has 2 aromatic carbocycles. The van der Waals surface area contributed by atoms with Gasteiger partial charge in [0.05, 0.1) is 30.6 Å². The molecule has 1 amide bonds. The Morgan fingerprint density at radius 2 is 1.96 bits per heavy atom. The highest BCUT2D eigenvalue weighted by Gasteiger charge is 2.08. The number of benzene rings is 2. The maximum absolute atomic E-state index is 12.3. The van der Waals surface area contributed by atoms with Crippen LogP contribution in [0.5, 0.6) is 5.75 Å². The fourth-order valence-corrected chi connectivity index (χ4v) is 2.75. The minimum absolute atomic E-state index is 0.229. The lowest BCUT2D eigenvalue weighted by Gasteiger charge is -2.09. The van der Waals surface area contributed by atoms with Gasteiger partial charge in [-0.05, 0) is 48.4 Å². The molecule has 0 unspecified atom stereocenters. The summed E-state index contributed by atoms with van der Waals surface area (Å²) in [5.41, 5.74) is 3.48. The van der Waals surface area contributed by atoms with E-state index >= 15 is 0 Å². The average molecular weight is 372 g/mol. The lowest BCUT2D eigenvalue weighted by Crippen LogP contribution is -2.26. The van der Waals surface area contributed by atoms with Crippen LogP contribution in [0.25, 0.3) is 0 Å². The summed E-state index contributed by atoms with van der Waals surface area (Å²) in [4.78, 5) is 16.5. The van der Waals surface area contributed by atoms with Gasteiger partial charge in [-0.25, -0.2) is 4.98 Å². The first-order valence-corrected chi connectivity index (χ1v) is 8.83. The Kier molecular flexibility index (Phi) is 6.21. The number of hydrogen-bond acceptors (Lipinski definition) is 5. The highest BCUT2D eigenvalue weighted by Crippen LogP contribution is 2.18. The van der Waals surface area contributed by atoms with Gasteiger partial charge < -0.3 is 15.4 Å². The van der Waals surface area contributed by atoms with Gasteiger partial charge in [-0.1, -0.05) is 24.3 Å². The van der Waals surface area contributed by atoms with Crippen molar-refractivity contribution in [1.29, 1.82) is 5.26 Å². The van der Waals surface area contributed by atoms with Crippen LogP contribution in [-0.4, -0.2) is 24.5 Å². The molecule has 0 saturated carbocycles. The summed E-state index contributed by atoms with van der Waals surface area (Å²) >= 11 is 0. The molecule has 0 aliphatic carbocycles. The zero-order chi connectivity index (χ0) is 19.8. The van der Waals surface area contributed by atoms with Crippen LogP contribution in [-0.2, 0) is 6.42 Å². The predicted molar refractivity (Wildman–Crippen MR) is 108 cm³/mol. The summed E-state index contributed by atoms with van der Waals surface area (Å²) in [6.45, 7) is 0.488. The smallest absolute Gasteiger partial charge is 0.269 e. The van der Waals surface area contributed by atoms with E-state index in [-0.39, 0.29) is 5.91 Å². The molecule has 6 heteroatoms. The summed E-state index contributed by atoms with van der Waals surface area (Å²) in [7, 11) is 1.63. The summed E-state index contributed by atoms with van der Waals surface area (Å²) in [5, 5.41) is 15.0. The topological polar surface area (TPSA) is 87.0 Å². The number of anilines is 2. The number of amides is 1. The molecule has 28 heavy (non-hydrogen) atoms. The zero-order valence-corrected chi connectivity index (χ0v) is 15.5. The Bertz CT molecular complexity index is 994. The van der Waals surface area contributed by atoms with E-state index in [2.05, 4.69) is 21.7 Å². The lowest BCUT2D eigenvalue weighted by atomic mass is 10.1. The Labute approximate surface area is 163 Å². The first kappa shape index (κ1) is 18.9. The molecular formula is C22H20N4O2. The number of hydrogen-bond donors (Lipinski definition) is 2. The van der Waals surface area contributed by atoms with Crippen LogP contribution in [0.15, 0.2) is 66.9 Å². The molecule has 3 rings (SSSR count). The zero-order valence-electron chi connectivity index (χ0n) is 15.5. The molecule has 0 atom stereocenters. The monoisotopic (exact) mass is 372 g/mol. The van der Waals surface area contributed by atoms with Gasteiger partial charge in [-0.15, -0.1) is 0 Å². The summed E-state index contributed by atoms with van der Waals surface area (Å²) in [6.07, 6.45) is 2.26. The quantitative estimate of drug-likeness (QED) is 0.661. The van der Waals surface area contributed by atoms with Gasteiger partial charge in [0, 0.05) is 12.2 Å². The van der Waals surface area contributed by atoms with Crippen molar-refractivity contribution in [2.75, 3.05) is 19.0 Å². The Morgan fingerprint density at radius 1 is 1.11 bits per heavy atom. The van der Waals surface area contributed by atoms with E-state index in [9.17, 15) is 4.79 Å². The Morgan fingerprint density at radius 3 is 2.71 bits per heavy atom. The van der Waals surface area contributed by atoms with Gasteiger partial charge in [0.1, 0.15) is 11.4 Å². The third-order valence-corrected chi connectivity index (χ3v) is 4.15. The van der Waals surface area contributed by atoms with Gasteiger partial charge in [0.2, 0.25) is 0 Å². The number of pyridine rings is 1. The van der Waals surface area contributed by atoms with Crippen molar-refractivity contribution in [2.45, 2.75) is 6.42 Å². The van der Waals surface area contributed by atoms with E-state index in [1.54, 1.807) is 43.6 Å². The number of carbonyl (C=O) groups is 1. The third-order valence-electron chi connectivity index (χ3n) is 4.15. The second-order valence-corrected chi connectivity index (χ2v) is 6.07. The van der Waals surface area contributed by atoms with Crippen molar-refractivity contribution >= 4 is 17.3 Å². The molecule has 140 valence electrons. The van der Waals surface area contributed by atoms with Crippen molar-refractivity contribution < 1.29 is 9.53 Å². The first-order valence-electron chi connectivity index (χ1n) is 8.83. The van der Waals surface area contributed by atoms with Crippen LogP contribution in [0.2, 0.25) is 0 Å². The standard InChI is InChI=1S/C22H20N4O2/c1-28-21-8-3-2-6-17(21)11-12-24-22(27)20-10-9-19(15-25-20)26-18-7-4-5-16(13-18)14-23/h2-10,13,15,26H,11-12H2,1H3,(H,24,27). The van der Waals surface area contributed by atoms with Gasteiger partial charge in [-0.2, -0.15) is 5.26 Å². The van der Waals surface area contributed by atoms with Crippen LogP contribution < -0.4 is 15.4 Å². The van der Waals surface area contributed by atoms with Crippen molar-refractivity contribution in [3.05, 3.63) is 83.7 Å². The predicted octanol–water partition coefficient (Wildman–Crippen LogP) is 3.68. The molecule has 1 heterocycles. The van der Waals surface area contributed by atoms with Gasteiger partial charge in [-0.3, -0.25) is 4.79 Å². The fourth-order valence-electron chi connectivity index (χ4n) is 2.75. The summed E-state index contributed by atoms with van der Waals surface area (Å²) in [6, 6.07) is 20.4. The minimum Gasteiger partial charge on any atom is -0.496 e. The third kappa shape index (κ3) is 4.86. The molecule has 2 N–H and O–H groups in total. The molecule has 0 spiro atoms. The molecule has 0 aliphatic rings. The van der Waals surface area contributed by atoms with Crippen molar-refractivity contribution in [1.82, 2.24) is 10.3 Å². The number of nitrogens with one attached hydrogen (secondary N) is 2. The molecule has 0 fully saturated rings. The Balaban J connectivity index is 1.55. The van der Waals surface area contributed by atoms with E-state index in [0.29, 0.717) is 24.2 Å². The summed E-state index contributed by atoms with van der Waals surface area (Å²) in [5.74, 6) is 0.582. The fraction of sp³-hybridized carbons (Fsp3) is 0.136. The number of methoxy groups -OCH3 is 1. The molecular weight excluding hydrogens is 352 g/mol. The lowest BCUT2D eigenvalue weighted by molar-refractivity contribution is 0.0949. The largest absolute Gasteiger partial charge is 0.496 e. The number of nitrogens with zero attached hydrogens (tertiary/aromatic N) is 2. The van der Waals surface area contributed by atoms with Crippen LogP contribution in [0.4, 0.5) is 11.4 Å². The molecule has 0 saturated heterocycles. The molecule has 6 nitrogen and oxygen atoms in total. The van der Waals surface area contributed by atoms with E-state index in [4.69, 9.17) is 10.00 Å². The van der Waals surface area contributed by atoms with Crippen LogP contribution >= 0.6 is 0 Å². The van der Waals surface area contributed by atoms with E-state index in [1.807, 2.05) is 30.3 Å². The SMILES string of the molecule is COc1ccccc1CCNC(=O)c1ccc(Nc2cccc(C#N)c2)cn1. The van der Waals surface area contributed by atoms with Crippen LogP contribution in [0, 0.1) is 11.3 Å². The second-order valence-electron chi connectivity index (χ2n) is 6.07. The van der Waals surface area contributed by atoms with Crippen molar-refractivity contribution in [3.63, 3.8) is 0 Å². The van der Waals surface area contributed by atoms with Gasteiger partial charge in [0.15, 0.2) is 0 Å². The van der Waals surface area contributed by atoms with Crippen molar-refractivity contribution in [2.24, 2.45) is 0 Å². The molecule has 0 radical (unpaired) electrons. The molecule has 0 bridgehead atoms. The van der Waals surface area contributed by atoms with E-state index < -0.39 is 0 Å². The highest BCUT2D eigenvalue weighted by atomic mass is 16.5. The number of rotatable bonds is 7. The first-order chi connectivity index (χ1) is 13.7. The number of carbonyl (C=O) groups excluding carboxylic acids is 1. The number of nitriles is 1. The number of ether oxygens (including phenoxy) is 1. The van der Waals surface area contributed by atoms with E-state index in [1.165, 1.54) is 0 Å². The average Bonchev–Trinajstić information content (AvgIpc) is 2.74. The van der Waals surface area contributed by atoms with E-state index in [0.717, 1.165) is 22.7 Å². The maximum Gasteiger partial charge on any atom is 0.269 e. The highest BCUT2D eigenvalue weighted by molar-refractivity contribution is 5.92. The van der Waals surface area contributed by atoms with Gasteiger partial charge >= 0.3 is 0 Å². The number of para-hydroxylation sites is 1. The normalized spacial score (nSPS) is 10.0. The van der Waals surface area contributed by atoms with Crippen LogP contribution in [0.3, 0.4) is 0 Å².